The molecule has 0 rings (SSSR count). The zero-order valence-electron chi connectivity index (χ0n) is 4.10. The Morgan fingerprint density at radius 2 is 1.67 bits per heavy atom. The fraction of sp³-hybridized carbons (Fsp3) is 0.667. The highest BCUT2D eigenvalue weighted by atomic mass is 28.3. The van der Waals surface area contributed by atoms with Gasteiger partial charge in [-0.05, 0) is 6.55 Å². The molecule has 3 heteroatoms. The molecule has 0 bridgehead atoms. The molecule has 0 N–H and O–H groups in total. The van der Waals surface area contributed by atoms with E-state index in [-0.39, 0.29) is 0 Å². The lowest BCUT2D eigenvalue weighted by molar-refractivity contribution is 0.290. The van der Waals surface area contributed by atoms with Crippen LogP contribution < -0.4 is 0 Å². The van der Waals surface area contributed by atoms with Crippen molar-refractivity contribution in [1.29, 1.82) is 0 Å². The van der Waals surface area contributed by atoms with E-state index in [0.717, 1.165) is 0 Å². The number of rotatable bonds is 2. The lowest BCUT2D eigenvalue weighted by Gasteiger charge is -2.00. The molecule has 0 saturated carbocycles. The van der Waals surface area contributed by atoms with E-state index in [2.05, 4.69) is 6.55 Å². The van der Waals surface area contributed by atoms with Crippen molar-refractivity contribution in [2.24, 2.45) is 0 Å². The van der Waals surface area contributed by atoms with Gasteiger partial charge in [-0.2, -0.15) is 0 Å². The minimum absolute atomic E-state index is 1.41. The number of hydrogen-bond acceptors (Lipinski definition) is 2. The van der Waals surface area contributed by atoms with Crippen LogP contribution in [0.1, 0.15) is 0 Å². The minimum atomic E-state index is -1.41. The fourth-order valence-electron chi connectivity index (χ4n) is 0.0962. The predicted molar refractivity (Wildman–Crippen MR) is 26.5 cm³/mol. The molecule has 0 amide bonds. The Morgan fingerprint density at radius 3 is 1.67 bits per heavy atom. The van der Waals surface area contributed by atoms with Crippen LogP contribution >= 0.6 is 0 Å². The van der Waals surface area contributed by atoms with Crippen molar-refractivity contribution < 1.29 is 8.85 Å². The monoisotopic (exact) mass is 105 g/mol. The molecule has 0 atom stereocenters. The van der Waals surface area contributed by atoms with E-state index in [4.69, 9.17) is 8.85 Å². The standard InChI is InChI=1S/C3H9O2Si/c1-4-6(3)5-2/h6H,3H2,1-2H3. The van der Waals surface area contributed by atoms with Gasteiger partial charge in [-0.3, -0.25) is 0 Å². The second-order valence-corrected chi connectivity index (χ2v) is 2.70. The summed E-state index contributed by atoms with van der Waals surface area (Å²) in [6.45, 7) is 3.57. The molecule has 0 aliphatic rings. The summed E-state index contributed by atoms with van der Waals surface area (Å²) in [6.07, 6.45) is 0. The highest BCUT2D eigenvalue weighted by Crippen LogP contribution is 1.75. The normalized spacial score (nSPS) is 10.0. The molecule has 2 nitrogen and oxygen atoms in total. The van der Waals surface area contributed by atoms with Crippen LogP contribution in [0.5, 0.6) is 0 Å². The maximum Gasteiger partial charge on any atom is 0.320 e. The molecule has 0 unspecified atom stereocenters. The van der Waals surface area contributed by atoms with Gasteiger partial charge in [0.15, 0.2) is 0 Å². The molecule has 0 aliphatic heterocycles. The lowest BCUT2D eigenvalue weighted by Crippen LogP contribution is -2.13. The van der Waals surface area contributed by atoms with Crippen molar-refractivity contribution in [2.75, 3.05) is 14.2 Å². The zero-order valence-corrected chi connectivity index (χ0v) is 5.26. The first-order valence-electron chi connectivity index (χ1n) is 1.70. The highest BCUT2D eigenvalue weighted by molar-refractivity contribution is 6.46. The summed E-state index contributed by atoms with van der Waals surface area (Å²) in [4.78, 5) is 0. The molecular formula is C3H9O2Si. The molecule has 0 aromatic carbocycles. The van der Waals surface area contributed by atoms with Crippen LogP contribution in [-0.4, -0.2) is 23.5 Å². The summed E-state index contributed by atoms with van der Waals surface area (Å²) in [7, 11) is 1.80. The summed E-state index contributed by atoms with van der Waals surface area (Å²) < 4.78 is 9.41. The maximum atomic E-state index is 4.70. The summed E-state index contributed by atoms with van der Waals surface area (Å²) in [6, 6.07) is 0. The molecule has 0 aromatic heterocycles. The Kier molecular flexibility index (Phi) is 3.41. The topological polar surface area (TPSA) is 18.5 Å². The molecule has 1 radical (unpaired) electrons. The van der Waals surface area contributed by atoms with Crippen molar-refractivity contribution in [3.8, 4) is 0 Å². The van der Waals surface area contributed by atoms with Gasteiger partial charge in [-0.1, -0.05) is 0 Å². The fourth-order valence-corrected chi connectivity index (χ4v) is 0.289. The van der Waals surface area contributed by atoms with Gasteiger partial charge in [0.25, 0.3) is 0 Å². The number of hydrogen-bond donors (Lipinski definition) is 0. The summed E-state index contributed by atoms with van der Waals surface area (Å²) in [5, 5.41) is 0. The van der Waals surface area contributed by atoms with Gasteiger partial charge in [0, 0.05) is 14.2 Å². The SMILES string of the molecule is [CH2][SiH](OC)OC. The highest BCUT2D eigenvalue weighted by Gasteiger charge is 1.94. The van der Waals surface area contributed by atoms with Crippen molar-refractivity contribution in [3.63, 3.8) is 0 Å². The van der Waals surface area contributed by atoms with Crippen LogP contribution in [0.2, 0.25) is 0 Å². The van der Waals surface area contributed by atoms with E-state index < -0.39 is 9.28 Å². The summed E-state index contributed by atoms with van der Waals surface area (Å²) >= 11 is 0. The van der Waals surface area contributed by atoms with Crippen molar-refractivity contribution in [2.45, 2.75) is 0 Å². The first kappa shape index (κ1) is 6.14. The van der Waals surface area contributed by atoms with Crippen molar-refractivity contribution in [1.82, 2.24) is 0 Å². The Balaban J connectivity index is 2.75. The van der Waals surface area contributed by atoms with Gasteiger partial charge in [-0.25, -0.2) is 0 Å². The minimum Gasteiger partial charge on any atom is -0.400 e. The molecule has 0 heterocycles. The van der Waals surface area contributed by atoms with E-state index in [9.17, 15) is 0 Å². The van der Waals surface area contributed by atoms with Crippen LogP contribution in [0.25, 0.3) is 0 Å². The second-order valence-electron chi connectivity index (χ2n) is 0.901. The molecular weight excluding hydrogens is 96.1 g/mol. The molecule has 0 fully saturated rings. The smallest absolute Gasteiger partial charge is 0.320 e. The molecule has 0 saturated heterocycles. The lowest BCUT2D eigenvalue weighted by atomic mass is 11.8. The molecule has 0 aliphatic carbocycles. The predicted octanol–water partition coefficient (Wildman–Crippen LogP) is -0.127. The van der Waals surface area contributed by atoms with E-state index in [1.807, 2.05) is 0 Å². The summed E-state index contributed by atoms with van der Waals surface area (Å²) in [5.41, 5.74) is 0. The van der Waals surface area contributed by atoms with E-state index in [1.54, 1.807) is 14.2 Å². The summed E-state index contributed by atoms with van der Waals surface area (Å²) in [5.74, 6) is 0. The van der Waals surface area contributed by atoms with Gasteiger partial charge in [0.1, 0.15) is 0 Å². The first-order chi connectivity index (χ1) is 2.81. The van der Waals surface area contributed by atoms with Gasteiger partial charge in [0.05, 0.1) is 0 Å². The van der Waals surface area contributed by atoms with E-state index >= 15 is 0 Å². The first-order valence-corrected chi connectivity index (χ1v) is 3.46. The van der Waals surface area contributed by atoms with Crippen molar-refractivity contribution >= 4 is 9.28 Å². The molecule has 37 valence electrons. The Labute approximate surface area is 39.9 Å². The van der Waals surface area contributed by atoms with Crippen LogP contribution in [0.3, 0.4) is 0 Å². The van der Waals surface area contributed by atoms with Crippen LogP contribution in [-0.2, 0) is 8.85 Å². The average Bonchev–Trinajstić information content (AvgIpc) is 1.65. The zero-order chi connectivity index (χ0) is 4.99. The van der Waals surface area contributed by atoms with Crippen LogP contribution in [0.15, 0.2) is 0 Å². The van der Waals surface area contributed by atoms with Crippen LogP contribution in [0, 0.1) is 6.55 Å². The van der Waals surface area contributed by atoms with Gasteiger partial charge in [-0.15, -0.1) is 0 Å². The third kappa shape index (κ3) is 2.38. The maximum absolute atomic E-state index is 4.70. The third-order valence-electron chi connectivity index (χ3n) is 0.526. The largest absolute Gasteiger partial charge is 0.400 e. The Hall–Kier alpha value is 0.137. The van der Waals surface area contributed by atoms with E-state index in [1.165, 1.54) is 0 Å². The average molecular weight is 105 g/mol. The Morgan fingerprint density at radius 1 is 1.33 bits per heavy atom. The molecule has 6 heavy (non-hydrogen) atoms. The van der Waals surface area contributed by atoms with Gasteiger partial charge in [0.2, 0.25) is 0 Å². The van der Waals surface area contributed by atoms with Crippen molar-refractivity contribution in [3.05, 3.63) is 6.55 Å². The van der Waals surface area contributed by atoms with Gasteiger partial charge < -0.3 is 8.85 Å². The molecule has 0 aromatic rings. The van der Waals surface area contributed by atoms with Crippen LogP contribution in [0.4, 0.5) is 0 Å². The quantitative estimate of drug-likeness (QED) is 0.456. The molecule has 0 spiro atoms. The second kappa shape index (κ2) is 3.33. The third-order valence-corrected chi connectivity index (χ3v) is 1.58. The Bertz CT molecular complexity index is 28.0. The van der Waals surface area contributed by atoms with Gasteiger partial charge >= 0.3 is 9.28 Å². The van der Waals surface area contributed by atoms with E-state index in [0.29, 0.717) is 0 Å².